The normalized spacial score (nSPS) is 23.1. The van der Waals surface area contributed by atoms with Crippen molar-refractivity contribution in [3.8, 4) is 0 Å². The Labute approximate surface area is 116 Å². The molecule has 0 aromatic carbocycles. The van der Waals surface area contributed by atoms with Gasteiger partial charge in [0.1, 0.15) is 0 Å². The molecule has 0 spiro atoms. The molecule has 2 rings (SSSR count). The van der Waals surface area contributed by atoms with Crippen molar-refractivity contribution in [2.45, 2.75) is 13.8 Å². The molecule has 0 bridgehead atoms. The molecule has 2 heterocycles. The molecule has 0 aromatic rings. The minimum absolute atomic E-state index is 0.459. The van der Waals surface area contributed by atoms with E-state index in [9.17, 15) is 0 Å². The van der Waals surface area contributed by atoms with Crippen molar-refractivity contribution in [1.29, 1.82) is 0 Å². The van der Waals surface area contributed by atoms with Crippen LogP contribution in [-0.4, -0.2) is 29.9 Å². The number of thiol groups is 2. The van der Waals surface area contributed by atoms with Crippen molar-refractivity contribution < 1.29 is 0 Å². The third-order valence-corrected chi connectivity index (χ3v) is 13.5. The summed E-state index contributed by atoms with van der Waals surface area (Å²) >= 11 is 13.7. The van der Waals surface area contributed by atoms with Gasteiger partial charge in [-0.2, -0.15) is 0 Å². The SMILES string of the molecule is CC1=C(C)SC(=C2[Se]C(S)=C(S)[Se]2)S1. The molecule has 0 radical (unpaired) electrons. The number of allylic oxidation sites excluding steroid dienone is 2. The topological polar surface area (TPSA) is 0 Å². The molecule has 0 unspecified atom stereocenters. The van der Waals surface area contributed by atoms with Gasteiger partial charge in [0.2, 0.25) is 0 Å². The molecular weight excluding hydrogens is 382 g/mol. The Kier molecular flexibility index (Phi) is 4.23. The summed E-state index contributed by atoms with van der Waals surface area (Å²) in [6.45, 7) is 4.40. The summed E-state index contributed by atoms with van der Waals surface area (Å²) in [6, 6.07) is 0. The Balaban J connectivity index is 2.17. The predicted molar refractivity (Wildman–Crippen MR) is 77.1 cm³/mol. The molecule has 0 amide bonds. The molecule has 76 valence electrons. The van der Waals surface area contributed by atoms with E-state index in [4.69, 9.17) is 0 Å². The van der Waals surface area contributed by atoms with Crippen LogP contribution in [0.3, 0.4) is 0 Å². The van der Waals surface area contributed by atoms with Crippen molar-refractivity contribution in [3.63, 3.8) is 0 Å². The van der Waals surface area contributed by atoms with E-state index in [2.05, 4.69) is 39.1 Å². The molecule has 14 heavy (non-hydrogen) atoms. The number of hydrogen-bond acceptors (Lipinski definition) is 4. The van der Waals surface area contributed by atoms with Crippen molar-refractivity contribution in [2.75, 3.05) is 0 Å². The van der Waals surface area contributed by atoms with Gasteiger partial charge in [0.25, 0.3) is 0 Å². The summed E-state index contributed by atoms with van der Waals surface area (Å²) < 4.78 is 5.58. The van der Waals surface area contributed by atoms with Crippen LogP contribution in [0.5, 0.6) is 0 Å². The van der Waals surface area contributed by atoms with Gasteiger partial charge in [-0.25, -0.2) is 0 Å². The Bertz CT molecular complexity index is 313. The molecule has 0 saturated heterocycles. The van der Waals surface area contributed by atoms with Gasteiger partial charge in [-0.1, -0.05) is 0 Å². The molecule has 0 atom stereocenters. The predicted octanol–water partition coefficient (Wildman–Crippen LogP) is 3.25. The maximum atomic E-state index is 4.46. The molecule has 0 saturated carbocycles. The van der Waals surface area contributed by atoms with Crippen LogP contribution in [0.1, 0.15) is 13.8 Å². The molecular formula is C8H8S4Se2. The van der Waals surface area contributed by atoms with E-state index in [1.165, 1.54) is 21.7 Å². The average Bonchev–Trinajstić information content (AvgIpc) is 2.60. The summed E-state index contributed by atoms with van der Waals surface area (Å²) in [6.07, 6.45) is 0. The zero-order valence-electron chi connectivity index (χ0n) is 7.53. The number of thioether (sulfide) groups is 2. The van der Waals surface area contributed by atoms with Gasteiger partial charge >= 0.3 is 118 Å². The Morgan fingerprint density at radius 2 is 1.36 bits per heavy atom. The van der Waals surface area contributed by atoms with E-state index >= 15 is 0 Å². The molecule has 0 fully saturated rings. The van der Waals surface area contributed by atoms with Crippen molar-refractivity contribution in [2.24, 2.45) is 0 Å². The first-order chi connectivity index (χ1) is 6.58. The number of rotatable bonds is 0. The first-order valence-electron chi connectivity index (χ1n) is 3.83. The minimum atomic E-state index is 0.459. The summed E-state index contributed by atoms with van der Waals surface area (Å²) in [7, 11) is 0. The van der Waals surface area contributed by atoms with Crippen LogP contribution < -0.4 is 0 Å². The average molecular weight is 390 g/mol. The van der Waals surface area contributed by atoms with Crippen LogP contribution >= 0.6 is 48.8 Å². The van der Waals surface area contributed by atoms with E-state index in [1.807, 2.05) is 23.5 Å². The van der Waals surface area contributed by atoms with Crippen LogP contribution in [0, 0.1) is 0 Å². The van der Waals surface area contributed by atoms with Gasteiger partial charge in [-0.05, 0) is 0 Å². The Morgan fingerprint density at radius 1 is 0.929 bits per heavy atom. The van der Waals surface area contributed by atoms with Crippen LogP contribution in [0.15, 0.2) is 25.0 Å². The van der Waals surface area contributed by atoms with Crippen molar-refractivity contribution in [1.82, 2.24) is 0 Å². The standard InChI is InChI=1S/C8H8S4Se2/c1-3-4(2)12-7(11-3)8-13-5(9)6(10)14-8/h9-10H,1-2H3. The Morgan fingerprint density at radius 3 is 1.79 bits per heavy atom. The summed E-state index contributed by atoms with van der Waals surface area (Å²) in [5, 5.41) is 0. The fourth-order valence-electron chi connectivity index (χ4n) is 0.893. The molecule has 2 aliphatic heterocycles. The number of hydrogen-bond donors (Lipinski definition) is 2. The van der Waals surface area contributed by atoms with E-state index in [0.717, 1.165) is 0 Å². The van der Waals surface area contributed by atoms with Gasteiger partial charge < -0.3 is 0 Å². The monoisotopic (exact) mass is 392 g/mol. The second-order valence-corrected chi connectivity index (χ2v) is 13.3. The third kappa shape index (κ3) is 2.49. The first-order valence-corrected chi connectivity index (χ1v) is 9.78. The molecule has 6 heteroatoms. The van der Waals surface area contributed by atoms with E-state index < -0.39 is 0 Å². The molecule has 0 aliphatic carbocycles. The first kappa shape index (κ1) is 12.1. The molecule has 0 aromatic heterocycles. The zero-order valence-corrected chi connectivity index (χ0v) is 14.4. The fraction of sp³-hybridized carbons (Fsp3) is 0.250. The van der Waals surface area contributed by atoms with E-state index in [-0.39, 0.29) is 0 Å². The maximum absolute atomic E-state index is 4.46. The van der Waals surface area contributed by atoms with Gasteiger partial charge in [-0.3, -0.25) is 0 Å². The molecule has 0 nitrogen and oxygen atoms in total. The van der Waals surface area contributed by atoms with Gasteiger partial charge in [-0.15, -0.1) is 0 Å². The summed E-state index contributed by atoms with van der Waals surface area (Å²) in [5.41, 5.74) is 0. The third-order valence-electron chi connectivity index (χ3n) is 1.72. The second kappa shape index (κ2) is 4.89. The van der Waals surface area contributed by atoms with Gasteiger partial charge in [0.05, 0.1) is 0 Å². The van der Waals surface area contributed by atoms with Crippen LogP contribution in [0.25, 0.3) is 0 Å². The van der Waals surface area contributed by atoms with Gasteiger partial charge in [0, 0.05) is 0 Å². The van der Waals surface area contributed by atoms with E-state index in [0.29, 0.717) is 29.9 Å². The zero-order chi connectivity index (χ0) is 10.3. The molecule has 2 aliphatic rings. The van der Waals surface area contributed by atoms with Crippen LogP contribution in [0.2, 0.25) is 0 Å². The quantitative estimate of drug-likeness (QED) is 0.482. The summed E-state index contributed by atoms with van der Waals surface area (Å²) in [5.74, 6) is 0. The van der Waals surface area contributed by atoms with E-state index in [1.54, 1.807) is 3.37 Å². The summed E-state index contributed by atoms with van der Waals surface area (Å²) in [4.78, 5) is 2.91. The Hall–Kier alpha value is 1.66. The van der Waals surface area contributed by atoms with Crippen LogP contribution in [-0.2, 0) is 0 Å². The van der Waals surface area contributed by atoms with Crippen molar-refractivity contribution in [3.05, 3.63) is 25.0 Å². The fourth-order valence-corrected chi connectivity index (χ4v) is 12.6. The van der Waals surface area contributed by atoms with Gasteiger partial charge in [0.15, 0.2) is 0 Å². The van der Waals surface area contributed by atoms with Crippen LogP contribution in [0.4, 0.5) is 0 Å². The second-order valence-electron chi connectivity index (χ2n) is 2.71. The van der Waals surface area contributed by atoms with Crippen molar-refractivity contribution >= 4 is 78.7 Å². The molecule has 0 N–H and O–H groups in total.